The van der Waals surface area contributed by atoms with Crippen LogP contribution in [0.25, 0.3) is 0 Å². The van der Waals surface area contributed by atoms with E-state index in [0.717, 1.165) is 6.20 Å². The minimum absolute atomic E-state index is 0.0380. The summed E-state index contributed by atoms with van der Waals surface area (Å²) >= 11 is 5.94. The van der Waals surface area contributed by atoms with Gasteiger partial charge in [-0.15, -0.1) is 0 Å². The molecule has 34 heavy (non-hydrogen) atoms. The maximum Gasteiger partial charge on any atom is 0.422 e. The van der Waals surface area contributed by atoms with Gasteiger partial charge in [-0.2, -0.15) is 13.2 Å². The topological polar surface area (TPSA) is 89.6 Å². The van der Waals surface area contributed by atoms with Crippen LogP contribution < -0.4 is 15.4 Å². The van der Waals surface area contributed by atoms with Crippen LogP contribution in [0.2, 0.25) is 5.02 Å². The van der Waals surface area contributed by atoms with Crippen molar-refractivity contribution in [2.45, 2.75) is 58.0 Å². The molecule has 2 N–H and O–H groups in total. The molecule has 2 atom stereocenters. The molecule has 2 unspecified atom stereocenters. The third-order valence-electron chi connectivity index (χ3n) is 4.34. The Kier molecular flexibility index (Phi) is 9.14. The zero-order valence-electron chi connectivity index (χ0n) is 19.2. The second-order valence-corrected chi connectivity index (χ2v) is 9.00. The molecule has 0 bridgehead atoms. The number of rotatable bonds is 8. The summed E-state index contributed by atoms with van der Waals surface area (Å²) in [7, 11) is 0. The maximum atomic E-state index is 12.7. The van der Waals surface area contributed by atoms with E-state index in [2.05, 4.69) is 20.4 Å². The molecule has 1 heterocycles. The SMILES string of the molecule is CC(NC(=O)CC(NC(=O)OC(C)(C)C)c1ccc(Cl)cc1)c1ccc(OCC(F)(F)F)cn1. The third kappa shape index (κ3) is 9.86. The summed E-state index contributed by atoms with van der Waals surface area (Å²) in [6.45, 7) is 5.44. The Bertz CT molecular complexity index is 961. The quantitative estimate of drug-likeness (QED) is 0.498. The van der Waals surface area contributed by atoms with E-state index < -0.39 is 36.6 Å². The number of pyridine rings is 1. The molecule has 1 aromatic carbocycles. The Morgan fingerprint density at radius 3 is 2.24 bits per heavy atom. The number of nitrogens with one attached hydrogen (secondary N) is 2. The lowest BCUT2D eigenvalue weighted by Gasteiger charge is -2.24. The third-order valence-corrected chi connectivity index (χ3v) is 4.59. The van der Waals surface area contributed by atoms with Crippen molar-refractivity contribution in [3.8, 4) is 5.75 Å². The molecule has 0 saturated carbocycles. The average Bonchev–Trinajstić information content (AvgIpc) is 2.70. The number of hydrogen-bond acceptors (Lipinski definition) is 5. The summed E-state index contributed by atoms with van der Waals surface area (Å²) in [5.74, 6) is -0.424. The summed E-state index contributed by atoms with van der Waals surface area (Å²) in [5, 5.41) is 5.97. The predicted octanol–water partition coefficient (Wildman–Crippen LogP) is 5.51. The number of alkyl carbamates (subject to hydrolysis) is 1. The molecule has 1 aromatic heterocycles. The number of nitrogens with zero attached hydrogens (tertiary/aromatic N) is 1. The van der Waals surface area contributed by atoms with E-state index in [1.807, 2.05) is 0 Å². The number of alkyl halides is 3. The van der Waals surface area contributed by atoms with Crippen LogP contribution in [0.15, 0.2) is 42.6 Å². The lowest BCUT2D eigenvalue weighted by Crippen LogP contribution is -2.38. The van der Waals surface area contributed by atoms with Crippen LogP contribution in [0.5, 0.6) is 5.75 Å². The van der Waals surface area contributed by atoms with E-state index in [9.17, 15) is 22.8 Å². The second-order valence-electron chi connectivity index (χ2n) is 8.57. The lowest BCUT2D eigenvalue weighted by molar-refractivity contribution is -0.153. The number of amides is 2. The number of carbonyl (C=O) groups is 2. The van der Waals surface area contributed by atoms with Gasteiger partial charge in [-0.05, 0) is 57.5 Å². The normalized spacial score (nSPS) is 13.5. The Balaban J connectivity index is 2.03. The number of ether oxygens (including phenoxy) is 2. The van der Waals surface area contributed by atoms with Crippen LogP contribution in [-0.2, 0) is 9.53 Å². The van der Waals surface area contributed by atoms with Gasteiger partial charge in [0.25, 0.3) is 0 Å². The zero-order chi connectivity index (χ0) is 25.5. The number of halogens is 4. The van der Waals surface area contributed by atoms with Crippen molar-refractivity contribution < 1.29 is 32.2 Å². The Morgan fingerprint density at radius 1 is 1.06 bits per heavy atom. The average molecular weight is 502 g/mol. The molecule has 0 aliphatic rings. The van der Waals surface area contributed by atoms with Crippen LogP contribution in [0.4, 0.5) is 18.0 Å². The van der Waals surface area contributed by atoms with E-state index in [4.69, 9.17) is 16.3 Å². The molecule has 2 amide bonds. The molecule has 0 spiro atoms. The van der Waals surface area contributed by atoms with Gasteiger partial charge < -0.3 is 20.1 Å². The van der Waals surface area contributed by atoms with Gasteiger partial charge in [0.2, 0.25) is 5.91 Å². The van der Waals surface area contributed by atoms with Crippen LogP contribution in [0.1, 0.15) is 57.5 Å². The fourth-order valence-electron chi connectivity index (χ4n) is 2.86. The number of aromatic nitrogens is 1. The second kappa shape index (κ2) is 11.4. The van der Waals surface area contributed by atoms with E-state index >= 15 is 0 Å². The van der Waals surface area contributed by atoms with E-state index in [-0.39, 0.29) is 18.1 Å². The van der Waals surface area contributed by atoms with Gasteiger partial charge in [-0.3, -0.25) is 9.78 Å². The van der Waals surface area contributed by atoms with E-state index in [0.29, 0.717) is 16.3 Å². The monoisotopic (exact) mass is 501 g/mol. The van der Waals surface area contributed by atoms with Crippen molar-refractivity contribution in [1.29, 1.82) is 0 Å². The van der Waals surface area contributed by atoms with Crippen molar-refractivity contribution in [3.63, 3.8) is 0 Å². The molecular formula is C23H27ClF3N3O4. The van der Waals surface area contributed by atoms with Gasteiger partial charge in [-0.1, -0.05) is 23.7 Å². The molecular weight excluding hydrogens is 475 g/mol. The van der Waals surface area contributed by atoms with Crippen molar-refractivity contribution in [3.05, 3.63) is 58.9 Å². The molecule has 186 valence electrons. The standard InChI is InChI=1S/C23H27ClF3N3O4/c1-14(18-10-9-17(12-28-18)33-13-23(25,26)27)29-20(31)11-19(15-5-7-16(24)8-6-15)30-21(32)34-22(2,3)4/h5-10,12,14,19H,11,13H2,1-4H3,(H,29,31)(H,30,32). The minimum atomic E-state index is -4.45. The van der Waals surface area contributed by atoms with Crippen molar-refractivity contribution in [1.82, 2.24) is 15.6 Å². The van der Waals surface area contributed by atoms with Gasteiger partial charge >= 0.3 is 12.3 Å². The molecule has 0 fully saturated rings. The Hall–Kier alpha value is -3.01. The minimum Gasteiger partial charge on any atom is -0.483 e. The summed E-state index contributed by atoms with van der Waals surface area (Å²) < 4.78 is 46.7. The first kappa shape index (κ1) is 27.2. The largest absolute Gasteiger partial charge is 0.483 e. The molecule has 0 aliphatic heterocycles. The summed E-state index contributed by atoms with van der Waals surface area (Å²) in [5.41, 5.74) is 0.366. The highest BCUT2D eigenvalue weighted by Crippen LogP contribution is 2.22. The van der Waals surface area contributed by atoms with Crippen molar-refractivity contribution in [2.24, 2.45) is 0 Å². The van der Waals surface area contributed by atoms with Gasteiger partial charge in [0, 0.05) is 5.02 Å². The van der Waals surface area contributed by atoms with Crippen LogP contribution >= 0.6 is 11.6 Å². The number of benzene rings is 1. The molecule has 0 saturated heterocycles. The highest BCUT2D eigenvalue weighted by molar-refractivity contribution is 6.30. The van der Waals surface area contributed by atoms with Crippen LogP contribution in [0.3, 0.4) is 0 Å². The molecule has 11 heteroatoms. The van der Waals surface area contributed by atoms with Gasteiger partial charge in [0.05, 0.1) is 30.4 Å². The fraction of sp³-hybridized carbons (Fsp3) is 0.435. The first-order chi connectivity index (χ1) is 15.7. The highest BCUT2D eigenvalue weighted by atomic mass is 35.5. The van der Waals surface area contributed by atoms with Gasteiger partial charge in [0.15, 0.2) is 6.61 Å². The lowest BCUT2D eigenvalue weighted by atomic mass is 10.0. The fourth-order valence-corrected chi connectivity index (χ4v) is 2.98. The van der Waals surface area contributed by atoms with Crippen molar-refractivity contribution >= 4 is 23.6 Å². The van der Waals surface area contributed by atoms with Gasteiger partial charge in [0.1, 0.15) is 11.4 Å². The van der Waals surface area contributed by atoms with Crippen LogP contribution in [0, 0.1) is 0 Å². The first-order valence-corrected chi connectivity index (χ1v) is 10.8. The van der Waals surface area contributed by atoms with E-state index in [1.165, 1.54) is 12.1 Å². The molecule has 0 radical (unpaired) electrons. The number of hydrogen-bond donors (Lipinski definition) is 2. The molecule has 0 aliphatic carbocycles. The molecule has 2 aromatic rings. The number of carbonyl (C=O) groups excluding carboxylic acids is 2. The summed E-state index contributed by atoms with van der Waals surface area (Å²) in [6, 6.07) is 8.26. The molecule has 7 nitrogen and oxygen atoms in total. The highest BCUT2D eigenvalue weighted by Gasteiger charge is 2.28. The zero-order valence-corrected chi connectivity index (χ0v) is 20.0. The Morgan fingerprint density at radius 2 is 1.71 bits per heavy atom. The maximum absolute atomic E-state index is 12.7. The smallest absolute Gasteiger partial charge is 0.422 e. The van der Waals surface area contributed by atoms with E-state index in [1.54, 1.807) is 52.0 Å². The molecule has 2 rings (SSSR count). The van der Waals surface area contributed by atoms with Crippen molar-refractivity contribution in [2.75, 3.05) is 6.61 Å². The first-order valence-electron chi connectivity index (χ1n) is 10.4. The van der Waals surface area contributed by atoms with Gasteiger partial charge in [-0.25, -0.2) is 4.79 Å². The summed E-state index contributed by atoms with van der Waals surface area (Å²) in [4.78, 5) is 29.1. The Labute approximate surface area is 201 Å². The predicted molar refractivity (Wildman–Crippen MR) is 121 cm³/mol. The summed E-state index contributed by atoms with van der Waals surface area (Å²) in [6.07, 6.45) is -4.07. The van der Waals surface area contributed by atoms with Crippen LogP contribution in [-0.4, -0.2) is 35.4 Å².